The Morgan fingerprint density at radius 2 is 2.11 bits per heavy atom. The van der Waals surface area contributed by atoms with Crippen LogP contribution in [0.4, 0.5) is 10.1 Å². The first-order chi connectivity index (χ1) is 7.65. The van der Waals surface area contributed by atoms with E-state index in [1.807, 2.05) is 4.90 Å². The molecule has 1 aliphatic heterocycles. The van der Waals surface area contributed by atoms with Crippen molar-refractivity contribution in [2.45, 2.75) is 45.2 Å². The number of hydrogen-bond acceptors (Lipinski definition) is 2. The van der Waals surface area contributed by atoms with Gasteiger partial charge in [0, 0.05) is 29.3 Å². The number of rotatable bonds is 2. The summed E-state index contributed by atoms with van der Waals surface area (Å²) >= 11 is 0. The summed E-state index contributed by atoms with van der Waals surface area (Å²) in [6, 6.07) is 5.92. The summed E-state index contributed by atoms with van der Waals surface area (Å²) in [6.07, 6.45) is 3.09. The van der Waals surface area contributed by atoms with Gasteiger partial charge < -0.3 is 17.4 Å². The maximum atomic E-state index is 13.8. The van der Waals surface area contributed by atoms with Gasteiger partial charge in [-0.1, -0.05) is 6.92 Å². The fraction of sp³-hybridized carbons (Fsp3) is 0.500. The number of anilines is 1. The number of nitrogens with zero attached hydrogens (tertiary/aromatic N) is 1. The summed E-state index contributed by atoms with van der Waals surface area (Å²) < 4.78 is 13.8. The monoisotopic (exact) mass is 276 g/mol. The van der Waals surface area contributed by atoms with Gasteiger partial charge in [-0.15, -0.1) is 12.1 Å². The van der Waals surface area contributed by atoms with Crippen LogP contribution in [0, 0.1) is 19.3 Å². The van der Waals surface area contributed by atoms with Gasteiger partial charge in [0.25, 0.3) is 0 Å². The summed E-state index contributed by atoms with van der Waals surface area (Å²) in [5.41, 5.74) is 0.343. The van der Waals surface area contributed by atoms with Gasteiger partial charge in [-0.3, -0.25) is 4.39 Å². The Hall–Kier alpha value is 0.386. The fourth-order valence-corrected chi connectivity index (χ4v) is 2.58. The average molecular weight is 276 g/mol. The topological polar surface area (TPSA) is 23.5 Å². The zero-order valence-corrected chi connectivity index (χ0v) is 14.8. The Balaban J connectivity index is 0.00000144. The zero-order chi connectivity index (χ0) is 11.7. The summed E-state index contributed by atoms with van der Waals surface area (Å²) in [4.78, 5) is 2.01. The van der Waals surface area contributed by atoms with Crippen LogP contribution in [0.3, 0.4) is 0 Å². The SMILES string of the molecule is CCC1CCC(C)N1c1c(O)c[c-]cc1F.[CH3-].[K+]. The molecule has 1 heterocycles. The molecule has 0 bridgehead atoms. The molecule has 1 saturated heterocycles. The standard InChI is InChI=1S/C13H17FNO.CH3.K/c1-3-10-8-7-9(2)15(10)13-11(14)5-4-6-12(13)16;;/h5-6,9-10,16H,3,7-8H2,1-2H3;1H3;/q2*-1;+1. The molecule has 0 amide bonds. The second-order valence-electron chi connectivity index (χ2n) is 4.43. The van der Waals surface area contributed by atoms with E-state index in [9.17, 15) is 9.50 Å². The molecule has 0 saturated carbocycles. The molecule has 2 rings (SSSR count). The zero-order valence-electron chi connectivity index (χ0n) is 11.7. The van der Waals surface area contributed by atoms with Gasteiger partial charge in [0.05, 0.1) is 0 Å². The van der Waals surface area contributed by atoms with Gasteiger partial charge in [-0.2, -0.15) is 6.07 Å². The molecule has 1 aromatic rings. The van der Waals surface area contributed by atoms with Gasteiger partial charge in [-0.25, -0.2) is 0 Å². The quantitative estimate of drug-likeness (QED) is 0.630. The Morgan fingerprint density at radius 1 is 1.44 bits per heavy atom. The molecule has 96 valence electrons. The smallest absolute Gasteiger partial charge is 0.564 e. The summed E-state index contributed by atoms with van der Waals surface area (Å²) in [5.74, 6) is -0.389. The third-order valence-corrected chi connectivity index (χ3v) is 3.41. The number of phenolic OH excluding ortho intramolecular Hbond substituents is 1. The Bertz CT molecular complexity index is 366. The van der Waals surface area contributed by atoms with Crippen LogP contribution in [-0.2, 0) is 0 Å². The Kier molecular flexibility index (Phi) is 8.02. The molecule has 0 radical (unpaired) electrons. The van der Waals surface area contributed by atoms with Gasteiger partial charge in [0.15, 0.2) is 0 Å². The molecule has 1 aliphatic rings. The number of aromatic hydroxyl groups is 1. The average Bonchev–Trinajstić information content (AvgIpc) is 2.60. The molecular formula is C14H20FKNO-. The van der Waals surface area contributed by atoms with Gasteiger partial charge in [-0.05, 0) is 26.2 Å². The van der Waals surface area contributed by atoms with Crippen LogP contribution in [0.1, 0.15) is 33.1 Å². The van der Waals surface area contributed by atoms with Crippen molar-refractivity contribution in [2.75, 3.05) is 4.90 Å². The van der Waals surface area contributed by atoms with Gasteiger partial charge in [0.2, 0.25) is 0 Å². The van der Waals surface area contributed by atoms with Crippen LogP contribution in [0.2, 0.25) is 0 Å². The van der Waals surface area contributed by atoms with Crippen molar-refractivity contribution in [1.82, 2.24) is 0 Å². The molecular weight excluding hydrogens is 256 g/mol. The molecule has 18 heavy (non-hydrogen) atoms. The first kappa shape index (κ1) is 18.4. The second kappa shape index (κ2) is 7.85. The van der Waals surface area contributed by atoms with E-state index in [0.717, 1.165) is 19.3 Å². The van der Waals surface area contributed by atoms with Crippen molar-refractivity contribution < 1.29 is 60.9 Å². The minimum atomic E-state index is -0.382. The van der Waals surface area contributed by atoms with E-state index in [4.69, 9.17) is 0 Å². The van der Waals surface area contributed by atoms with Crippen LogP contribution in [0.25, 0.3) is 0 Å². The van der Waals surface area contributed by atoms with Crippen molar-refractivity contribution in [3.8, 4) is 5.75 Å². The molecule has 0 aromatic heterocycles. The van der Waals surface area contributed by atoms with Crippen molar-refractivity contribution in [3.05, 3.63) is 31.4 Å². The third kappa shape index (κ3) is 3.48. The van der Waals surface area contributed by atoms with E-state index in [1.54, 1.807) is 0 Å². The predicted octanol–water partition coefficient (Wildman–Crippen LogP) is 0.553. The molecule has 2 nitrogen and oxygen atoms in total. The van der Waals surface area contributed by atoms with Crippen molar-refractivity contribution >= 4 is 5.69 Å². The number of hydrogen-bond donors (Lipinski definition) is 1. The first-order valence-electron chi connectivity index (χ1n) is 5.82. The summed E-state index contributed by atoms with van der Waals surface area (Å²) in [5, 5.41) is 9.77. The normalized spacial score (nSPS) is 22.3. The van der Waals surface area contributed by atoms with E-state index < -0.39 is 0 Å². The Labute approximate surface area is 152 Å². The molecule has 0 spiro atoms. The summed E-state index contributed by atoms with van der Waals surface area (Å²) in [6.45, 7) is 4.17. The minimum Gasteiger partial charge on any atom is -0.564 e. The molecule has 1 aromatic carbocycles. The number of phenols is 1. The number of benzene rings is 1. The second-order valence-corrected chi connectivity index (χ2v) is 4.43. The Morgan fingerprint density at radius 3 is 2.67 bits per heavy atom. The third-order valence-electron chi connectivity index (χ3n) is 3.41. The van der Waals surface area contributed by atoms with Gasteiger partial charge in [0.1, 0.15) is 0 Å². The van der Waals surface area contributed by atoms with Crippen LogP contribution in [-0.4, -0.2) is 17.2 Å². The van der Waals surface area contributed by atoms with Crippen LogP contribution >= 0.6 is 0 Å². The van der Waals surface area contributed by atoms with Crippen molar-refractivity contribution in [3.63, 3.8) is 0 Å². The molecule has 4 heteroatoms. The van der Waals surface area contributed by atoms with Crippen LogP contribution < -0.4 is 56.3 Å². The van der Waals surface area contributed by atoms with Crippen molar-refractivity contribution in [1.29, 1.82) is 0 Å². The maximum Gasteiger partial charge on any atom is 1.00 e. The van der Waals surface area contributed by atoms with E-state index >= 15 is 0 Å². The van der Waals surface area contributed by atoms with E-state index in [0.29, 0.717) is 11.7 Å². The van der Waals surface area contributed by atoms with Crippen LogP contribution in [0.15, 0.2) is 12.1 Å². The van der Waals surface area contributed by atoms with Gasteiger partial charge >= 0.3 is 51.4 Å². The van der Waals surface area contributed by atoms with E-state index in [1.165, 1.54) is 12.1 Å². The largest absolute Gasteiger partial charge is 1.00 e. The molecule has 2 atom stereocenters. The van der Waals surface area contributed by atoms with E-state index in [2.05, 4.69) is 19.9 Å². The fourth-order valence-electron chi connectivity index (χ4n) is 2.58. The molecule has 0 aliphatic carbocycles. The van der Waals surface area contributed by atoms with E-state index in [-0.39, 0.29) is 76.4 Å². The van der Waals surface area contributed by atoms with Crippen LogP contribution in [0.5, 0.6) is 5.75 Å². The minimum absolute atomic E-state index is 0. The molecule has 1 N–H and O–H groups in total. The molecule has 2 unspecified atom stereocenters. The first-order valence-corrected chi connectivity index (χ1v) is 5.82. The maximum absolute atomic E-state index is 13.8. The van der Waals surface area contributed by atoms with Crippen molar-refractivity contribution in [2.24, 2.45) is 0 Å². The number of halogens is 1. The summed E-state index contributed by atoms with van der Waals surface area (Å²) in [7, 11) is 0. The molecule has 1 fully saturated rings. The predicted molar refractivity (Wildman–Crippen MR) is 68.6 cm³/mol.